The molecule has 0 aliphatic heterocycles. The van der Waals surface area contributed by atoms with E-state index >= 15 is 0 Å². The molecule has 2 aliphatic rings. The average molecular weight is 489 g/mol. The van der Waals surface area contributed by atoms with Gasteiger partial charge < -0.3 is 0 Å². The maximum absolute atomic E-state index is 2.44. The van der Waals surface area contributed by atoms with Crippen molar-refractivity contribution in [3.63, 3.8) is 0 Å². The van der Waals surface area contributed by atoms with Crippen molar-refractivity contribution in [1.82, 2.24) is 0 Å². The Morgan fingerprint density at radius 1 is 0.522 bits per heavy atom. The minimum absolute atomic E-state index is 0. The molecule has 0 nitrogen and oxygen atoms in total. The summed E-state index contributed by atoms with van der Waals surface area (Å²) in [6.07, 6.45) is 0. The summed E-state index contributed by atoms with van der Waals surface area (Å²) in [5.74, 6) is 0. The van der Waals surface area contributed by atoms with E-state index in [4.69, 9.17) is 0 Å². The Labute approximate surface area is 152 Å². The van der Waals surface area contributed by atoms with Crippen LogP contribution in [-0.4, -0.2) is 0 Å². The van der Waals surface area contributed by atoms with E-state index in [2.05, 4.69) is 69.2 Å². The normalized spacial score (nSPS) is 22.5. The fourth-order valence-corrected chi connectivity index (χ4v) is 11.0. The van der Waals surface area contributed by atoms with Crippen molar-refractivity contribution in [3.8, 4) is 0 Å². The molecule has 0 saturated heterocycles. The van der Waals surface area contributed by atoms with E-state index in [0.29, 0.717) is 10.8 Å². The summed E-state index contributed by atoms with van der Waals surface area (Å²) in [6.45, 7) is 23.8. The van der Waals surface area contributed by atoms with E-state index in [-0.39, 0.29) is 9.41 Å². The first-order valence-corrected chi connectivity index (χ1v) is 11.6. The molecule has 0 bridgehead atoms. The van der Waals surface area contributed by atoms with Gasteiger partial charge in [-0.15, -0.1) is 0 Å². The Balaban J connectivity index is 0.00000242. The molecular weight excluding hydrogens is 457 g/mol. The molecule has 0 spiro atoms. The van der Waals surface area contributed by atoms with Gasteiger partial charge in [0.15, 0.2) is 0 Å². The Morgan fingerprint density at radius 3 is 0.957 bits per heavy atom. The fraction of sp³-hybridized carbons (Fsp3) is 0.600. The Bertz CT molecular complexity index is 585. The number of rotatable bonds is 2. The molecule has 23 heavy (non-hydrogen) atoms. The summed E-state index contributed by atoms with van der Waals surface area (Å²) >= 11 is -0.997. The van der Waals surface area contributed by atoms with Crippen LogP contribution in [0.3, 0.4) is 0 Å². The first-order chi connectivity index (χ1) is 9.44. The quantitative estimate of drug-likeness (QED) is 0.381. The number of allylic oxidation sites excluding steroid dienone is 8. The third-order valence-electron chi connectivity index (χ3n) is 6.38. The molecule has 0 unspecified atom stereocenters. The predicted octanol–water partition coefficient (Wildman–Crippen LogP) is 6.67. The summed E-state index contributed by atoms with van der Waals surface area (Å²) in [5, 5.41) is 0. The molecule has 130 valence electrons. The molecular formula is C20H32F2Hf. The van der Waals surface area contributed by atoms with E-state index in [1.165, 1.54) is 0 Å². The molecule has 2 aliphatic carbocycles. The van der Waals surface area contributed by atoms with Gasteiger partial charge in [-0.1, -0.05) is 0 Å². The van der Waals surface area contributed by atoms with Gasteiger partial charge in [0.25, 0.3) is 0 Å². The summed E-state index contributed by atoms with van der Waals surface area (Å²) in [5.41, 5.74) is 10.1. The maximum Gasteiger partial charge on any atom is -0.269 e. The maximum atomic E-state index is 2.44. The Kier molecular flexibility index (Phi) is 6.80. The molecule has 0 saturated carbocycles. The third-order valence-corrected chi connectivity index (χ3v) is 15.4. The molecule has 0 N–H and O–H groups in total. The van der Waals surface area contributed by atoms with Crippen LogP contribution >= 0.6 is 0 Å². The van der Waals surface area contributed by atoms with E-state index in [9.17, 15) is 0 Å². The number of hydrogen-bond donors (Lipinski definition) is 0. The van der Waals surface area contributed by atoms with Gasteiger partial charge in [-0.05, 0) is 0 Å². The van der Waals surface area contributed by atoms with Gasteiger partial charge in [-0.2, -0.15) is 0 Å². The van der Waals surface area contributed by atoms with Crippen LogP contribution in [0.15, 0.2) is 40.1 Å². The van der Waals surface area contributed by atoms with Crippen molar-refractivity contribution in [3.05, 3.63) is 40.1 Å². The minimum Gasteiger partial charge on any atom is -0.269 e. The van der Waals surface area contributed by atoms with Crippen LogP contribution in [-0.2, 0) is 22.9 Å². The van der Waals surface area contributed by atoms with Crippen molar-refractivity contribution >= 4 is 0 Å². The molecule has 0 heterocycles. The summed E-state index contributed by atoms with van der Waals surface area (Å²) in [4.78, 5) is 0. The summed E-state index contributed by atoms with van der Waals surface area (Å²) in [6, 6.07) is 0. The van der Waals surface area contributed by atoms with Gasteiger partial charge in [0.05, 0.1) is 0 Å². The van der Waals surface area contributed by atoms with Crippen LogP contribution in [0.25, 0.3) is 0 Å². The predicted molar refractivity (Wildman–Crippen MR) is 94.7 cm³/mol. The smallest absolute Gasteiger partial charge is 0.269 e. The molecule has 0 aromatic rings. The van der Waals surface area contributed by atoms with Gasteiger partial charge in [-0.25, -0.2) is 0 Å². The fourth-order valence-electron chi connectivity index (χ4n) is 3.81. The number of halogens is 2. The summed E-state index contributed by atoms with van der Waals surface area (Å²) < 4.78 is 3.64. The molecule has 0 aromatic carbocycles. The van der Waals surface area contributed by atoms with E-state index in [1.54, 1.807) is 33.4 Å². The molecule has 0 radical (unpaired) electrons. The van der Waals surface area contributed by atoms with Gasteiger partial charge in [0, 0.05) is 0 Å². The van der Waals surface area contributed by atoms with E-state index in [1.807, 2.05) is 6.66 Å². The van der Waals surface area contributed by atoms with Gasteiger partial charge >= 0.3 is 143 Å². The molecule has 0 fully saturated rings. The van der Waals surface area contributed by atoms with Crippen LogP contribution < -0.4 is 0 Å². The van der Waals surface area contributed by atoms with Crippen LogP contribution in [0.2, 0.25) is 0 Å². The minimum atomic E-state index is -0.997. The first-order valence-electron chi connectivity index (χ1n) is 8.00. The van der Waals surface area contributed by atoms with Crippen LogP contribution in [0.5, 0.6) is 0 Å². The molecule has 0 atom stereocenters. The van der Waals surface area contributed by atoms with Crippen molar-refractivity contribution in [2.45, 2.75) is 69.2 Å². The second-order valence-electron chi connectivity index (χ2n) is 7.88. The van der Waals surface area contributed by atoms with Crippen LogP contribution in [0.4, 0.5) is 9.41 Å². The monoisotopic (exact) mass is 490 g/mol. The van der Waals surface area contributed by atoms with Gasteiger partial charge in [0.1, 0.15) is 0 Å². The topological polar surface area (TPSA) is 0 Å². The van der Waals surface area contributed by atoms with Crippen molar-refractivity contribution < 1.29 is 32.3 Å². The van der Waals surface area contributed by atoms with Crippen molar-refractivity contribution in [2.24, 2.45) is 10.8 Å². The first kappa shape index (κ1) is 22.7. The largest absolute Gasteiger partial charge is 0.269 e. The van der Waals surface area contributed by atoms with Crippen LogP contribution in [0, 0.1) is 10.8 Å². The zero-order valence-corrected chi connectivity index (χ0v) is 19.9. The van der Waals surface area contributed by atoms with Gasteiger partial charge in [0.2, 0.25) is 0 Å². The second kappa shape index (κ2) is 6.90. The molecule has 3 heteroatoms. The average Bonchev–Trinajstić information content (AvgIpc) is 2.63. The Morgan fingerprint density at radius 2 is 0.783 bits per heavy atom. The van der Waals surface area contributed by atoms with Gasteiger partial charge in [-0.3, -0.25) is 9.41 Å². The molecule has 2 rings (SSSR count). The molecule has 0 aromatic heterocycles. The zero-order valence-electron chi connectivity index (χ0n) is 16.3. The SMILES string of the molecule is CC1=C(C)C(C)(C)[C]([Hf][C]2=C(C)C(C)=C(C)C2(C)C)=C1C.F.F. The molecule has 0 amide bonds. The number of hydrogen-bond acceptors (Lipinski definition) is 0. The van der Waals surface area contributed by atoms with Crippen molar-refractivity contribution in [2.75, 3.05) is 0 Å². The Hall–Kier alpha value is -0.310. The van der Waals surface area contributed by atoms with E-state index < -0.39 is 22.9 Å². The zero-order chi connectivity index (χ0) is 16.3. The van der Waals surface area contributed by atoms with E-state index in [0.717, 1.165) is 0 Å². The van der Waals surface area contributed by atoms with Crippen molar-refractivity contribution in [1.29, 1.82) is 0 Å². The third kappa shape index (κ3) is 3.15. The second-order valence-corrected chi connectivity index (χ2v) is 12.4. The standard InChI is InChI=1S/2C10H15.2FH.Hf/c2*1-7-6-10(4,5)9(3)8(7)2;;;/h2*1-5H3;2*1H;. The summed E-state index contributed by atoms with van der Waals surface area (Å²) in [7, 11) is 0. The van der Waals surface area contributed by atoms with Crippen LogP contribution in [0.1, 0.15) is 69.2 Å².